The number of anilines is 1. The summed E-state index contributed by atoms with van der Waals surface area (Å²) >= 11 is 1.09. The van der Waals surface area contributed by atoms with Gasteiger partial charge in [-0.05, 0) is 83.3 Å². The van der Waals surface area contributed by atoms with Crippen LogP contribution >= 0.6 is 11.5 Å². The van der Waals surface area contributed by atoms with Crippen LogP contribution < -0.4 is 10.2 Å². The molecule has 3 aromatic rings. The number of carbonyl (C=O) groups is 2. The van der Waals surface area contributed by atoms with Gasteiger partial charge < -0.3 is 9.73 Å². The fourth-order valence-corrected chi connectivity index (χ4v) is 4.12. The first-order valence-electron chi connectivity index (χ1n) is 10.0. The Morgan fingerprint density at radius 1 is 1.10 bits per heavy atom. The molecular formula is C23H28N4O3S. The molecule has 164 valence electrons. The van der Waals surface area contributed by atoms with Crippen molar-refractivity contribution < 1.29 is 14.0 Å². The average Bonchev–Trinajstić information content (AvgIpc) is 3.30. The monoisotopic (exact) mass is 440 g/mol. The molecule has 1 aromatic carbocycles. The fourth-order valence-electron chi connectivity index (χ4n) is 3.69. The molecule has 0 aliphatic heterocycles. The van der Waals surface area contributed by atoms with Crippen LogP contribution in [-0.4, -0.2) is 26.9 Å². The fraction of sp³-hybridized carbons (Fsp3) is 0.391. The van der Waals surface area contributed by atoms with E-state index >= 15 is 0 Å². The van der Waals surface area contributed by atoms with Gasteiger partial charge in [-0.25, -0.2) is 0 Å². The lowest BCUT2D eigenvalue weighted by molar-refractivity contribution is -0.124. The number of furan rings is 1. The molecule has 2 aromatic heterocycles. The number of hydrogen-bond acceptors (Lipinski definition) is 6. The minimum absolute atomic E-state index is 0.182. The molecule has 3 rings (SSSR count). The lowest BCUT2D eigenvalue weighted by atomic mass is 10.00. The lowest BCUT2D eigenvalue weighted by Gasteiger charge is -2.33. The Morgan fingerprint density at radius 2 is 1.74 bits per heavy atom. The number of nitrogens with zero attached hydrogens (tertiary/aromatic N) is 3. The topological polar surface area (TPSA) is 88.3 Å². The van der Waals surface area contributed by atoms with Gasteiger partial charge >= 0.3 is 0 Å². The summed E-state index contributed by atoms with van der Waals surface area (Å²) in [5.41, 5.74) is 3.18. The Labute approximate surface area is 186 Å². The minimum atomic E-state index is -1.01. The molecule has 2 heterocycles. The van der Waals surface area contributed by atoms with Gasteiger partial charge in [-0.3, -0.25) is 14.5 Å². The summed E-state index contributed by atoms with van der Waals surface area (Å²) in [7, 11) is 0. The van der Waals surface area contributed by atoms with E-state index in [-0.39, 0.29) is 11.6 Å². The largest absolute Gasteiger partial charge is 0.464 e. The number of rotatable bonds is 5. The highest BCUT2D eigenvalue weighted by molar-refractivity contribution is 7.03. The van der Waals surface area contributed by atoms with Crippen molar-refractivity contribution in [2.24, 2.45) is 0 Å². The summed E-state index contributed by atoms with van der Waals surface area (Å²) in [4.78, 5) is 28.7. The van der Waals surface area contributed by atoms with Crippen LogP contribution in [-0.2, 0) is 4.79 Å². The first-order valence-corrected chi connectivity index (χ1v) is 10.9. The highest BCUT2D eigenvalue weighted by Crippen LogP contribution is 2.36. The number of aromatic nitrogens is 2. The summed E-state index contributed by atoms with van der Waals surface area (Å²) in [5, 5.41) is 8.55. The first-order chi connectivity index (χ1) is 14.5. The van der Waals surface area contributed by atoms with E-state index in [4.69, 9.17) is 4.42 Å². The molecule has 0 saturated carbocycles. The summed E-state index contributed by atoms with van der Waals surface area (Å²) < 4.78 is 9.71. The Hall–Kier alpha value is -3.00. The van der Waals surface area contributed by atoms with E-state index in [9.17, 15) is 9.59 Å². The van der Waals surface area contributed by atoms with E-state index < -0.39 is 17.5 Å². The Kier molecular flexibility index (Phi) is 6.31. The van der Waals surface area contributed by atoms with Gasteiger partial charge in [-0.2, -0.15) is 0 Å². The molecule has 0 fully saturated rings. The highest BCUT2D eigenvalue weighted by Gasteiger charge is 2.39. The molecule has 31 heavy (non-hydrogen) atoms. The van der Waals surface area contributed by atoms with Gasteiger partial charge in [0.25, 0.3) is 11.8 Å². The van der Waals surface area contributed by atoms with Gasteiger partial charge in [0.05, 0.1) is 5.69 Å². The number of amides is 2. The molecule has 0 aliphatic rings. The second-order valence-corrected chi connectivity index (χ2v) is 9.41. The molecule has 8 heteroatoms. The second kappa shape index (κ2) is 8.63. The van der Waals surface area contributed by atoms with Crippen molar-refractivity contribution in [1.29, 1.82) is 0 Å². The minimum Gasteiger partial charge on any atom is -0.464 e. The molecule has 0 saturated heterocycles. The highest BCUT2D eigenvalue weighted by atomic mass is 32.1. The number of hydrogen-bond donors (Lipinski definition) is 1. The van der Waals surface area contributed by atoms with Crippen molar-refractivity contribution in [3.8, 4) is 0 Å². The van der Waals surface area contributed by atoms with E-state index in [0.29, 0.717) is 17.2 Å². The maximum atomic E-state index is 13.7. The van der Waals surface area contributed by atoms with E-state index in [1.165, 1.54) is 4.90 Å². The molecule has 1 N–H and O–H groups in total. The normalized spacial score (nSPS) is 12.5. The van der Waals surface area contributed by atoms with Crippen molar-refractivity contribution in [3.05, 3.63) is 63.6 Å². The third-order valence-corrected chi connectivity index (χ3v) is 5.21. The quantitative estimate of drug-likeness (QED) is 0.623. The predicted molar refractivity (Wildman–Crippen MR) is 121 cm³/mol. The van der Waals surface area contributed by atoms with E-state index in [1.54, 1.807) is 24.4 Å². The van der Waals surface area contributed by atoms with Crippen LogP contribution in [0.1, 0.15) is 65.5 Å². The Morgan fingerprint density at radius 3 is 2.23 bits per heavy atom. The zero-order valence-corrected chi connectivity index (χ0v) is 19.8. The van der Waals surface area contributed by atoms with Gasteiger partial charge in [-0.1, -0.05) is 22.2 Å². The van der Waals surface area contributed by atoms with Gasteiger partial charge in [0.15, 0.2) is 11.7 Å². The maximum absolute atomic E-state index is 13.7. The number of carbonyl (C=O) groups excluding carboxylic acids is 2. The molecular weight excluding hydrogens is 412 g/mol. The van der Waals surface area contributed by atoms with Crippen molar-refractivity contribution in [2.75, 3.05) is 4.90 Å². The van der Waals surface area contributed by atoms with E-state index in [0.717, 1.165) is 28.2 Å². The van der Waals surface area contributed by atoms with Crippen molar-refractivity contribution in [2.45, 2.75) is 60.0 Å². The lowest BCUT2D eigenvalue weighted by Crippen LogP contribution is -2.49. The molecule has 0 aliphatic carbocycles. The Balaban J connectivity index is 2.25. The van der Waals surface area contributed by atoms with Crippen LogP contribution in [0.5, 0.6) is 0 Å². The van der Waals surface area contributed by atoms with E-state index in [1.807, 2.05) is 53.7 Å². The third kappa shape index (κ3) is 5.02. The average molecular weight is 441 g/mol. The van der Waals surface area contributed by atoms with Crippen LogP contribution in [0.3, 0.4) is 0 Å². The maximum Gasteiger partial charge on any atom is 0.280 e. The van der Waals surface area contributed by atoms with Gasteiger partial charge in [-0.15, -0.1) is 5.10 Å². The molecule has 0 radical (unpaired) electrons. The predicted octanol–water partition coefficient (Wildman–Crippen LogP) is 4.67. The van der Waals surface area contributed by atoms with Gasteiger partial charge in [0, 0.05) is 10.9 Å². The van der Waals surface area contributed by atoms with Crippen LogP contribution in [0, 0.1) is 27.7 Å². The Bertz CT molecular complexity index is 1070. The van der Waals surface area contributed by atoms with Gasteiger partial charge in [0.1, 0.15) is 11.5 Å². The van der Waals surface area contributed by atoms with E-state index in [2.05, 4.69) is 14.9 Å². The number of aryl methyl sites for hydroxylation is 4. The summed E-state index contributed by atoms with van der Waals surface area (Å²) in [5.74, 6) is 0.295. The molecule has 0 bridgehead atoms. The summed E-state index contributed by atoms with van der Waals surface area (Å²) in [6.45, 7) is 13.4. The number of nitrogens with one attached hydrogen (secondary N) is 1. The number of benzene rings is 1. The smallest absolute Gasteiger partial charge is 0.280 e. The molecule has 0 unspecified atom stereocenters. The zero-order chi connectivity index (χ0) is 22.9. The van der Waals surface area contributed by atoms with Crippen LogP contribution in [0.15, 0.2) is 34.1 Å². The molecule has 2 amide bonds. The molecule has 1 atom stereocenters. The standard InChI is InChI=1S/C23H28N4O3S/c1-13-10-14(2)19(15(3)11-13)27(22(29)17-12-31-26-25-17)20(18-9-8-16(4)30-18)21(28)24-23(5,6)7/h8-12,20H,1-7H3,(H,24,28)/t20-/m0/s1. The van der Waals surface area contributed by atoms with Crippen molar-refractivity contribution in [1.82, 2.24) is 14.9 Å². The van der Waals surface area contributed by atoms with Crippen LogP contribution in [0.25, 0.3) is 0 Å². The van der Waals surface area contributed by atoms with Crippen LogP contribution in [0.2, 0.25) is 0 Å². The van der Waals surface area contributed by atoms with Gasteiger partial charge in [0.2, 0.25) is 0 Å². The first kappa shape index (κ1) is 22.7. The summed E-state index contributed by atoms with van der Waals surface area (Å²) in [6, 6.07) is 6.50. The third-order valence-electron chi connectivity index (χ3n) is 4.71. The molecule has 7 nitrogen and oxygen atoms in total. The SMILES string of the molecule is Cc1cc(C)c(N(C(=O)c2csnn2)[C@H](C(=O)NC(C)(C)C)c2ccc(C)o2)c(C)c1. The molecule has 0 spiro atoms. The summed E-state index contributed by atoms with van der Waals surface area (Å²) in [6.07, 6.45) is 0. The van der Waals surface area contributed by atoms with Crippen molar-refractivity contribution >= 4 is 29.0 Å². The van der Waals surface area contributed by atoms with Crippen molar-refractivity contribution in [3.63, 3.8) is 0 Å². The zero-order valence-electron chi connectivity index (χ0n) is 18.9. The van der Waals surface area contributed by atoms with Crippen LogP contribution in [0.4, 0.5) is 5.69 Å². The second-order valence-electron chi connectivity index (χ2n) is 8.80.